The first-order chi connectivity index (χ1) is 4.16. The van der Waals surface area contributed by atoms with E-state index in [0.717, 1.165) is 0 Å². The van der Waals surface area contributed by atoms with Crippen molar-refractivity contribution in [3.05, 3.63) is 11.8 Å². The molecule has 52 valence electrons. The smallest absolute Gasteiger partial charge is 0.114 e. The summed E-state index contributed by atoms with van der Waals surface area (Å²) in [6.07, 6.45) is 3.49. The minimum Gasteiger partial charge on any atom is -0.341 e. The zero-order valence-electron chi connectivity index (χ0n) is 6.13. The summed E-state index contributed by atoms with van der Waals surface area (Å²) in [4.78, 5) is 1.80. The van der Waals surface area contributed by atoms with Crippen molar-refractivity contribution in [2.75, 3.05) is 7.05 Å². The zero-order chi connectivity index (χ0) is 7.28. The van der Waals surface area contributed by atoms with Crippen molar-refractivity contribution < 1.29 is 0 Å². The maximum atomic E-state index is 4.90. The average Bonchev–Trinajstić information content (AvgIpc) is 1.63. The highest BCUT2D eigenvalue weighted by molar-refractivity contribution is 5.55. The van der Waals surface area contributed by atoms with Gasteiger partial charge in [-0.15, -0.1) is 0 Å². The Balaban J connectivity index is 3.76. The van der Waals surface area contributed by atoms with Crippen molar-refractivity contribution in [1.82, 2.24) is 4.90 Å². The molecule has 0 fully saturated rings. The van der Waals surface area contributed by atoms with Gasteiger partial charge in [0.1, 0.15) is 6.34 Å². The normalized spacial score (nSPS) is 9.67. The fourth-order valence-corrected chi connectivity index (χ4v) is 0.546. The van der Waals surface area contributed by atoms with E-state index in [1.165, 1.54) is 5.57 Å². The van der Waals surface area contributed by atoms with Crippen molar-refractivity contribution in [3.8, 4) is 0 Å². The SMILES string of the molecule is CC(C)=CN(C)C=NN. The van der Waals surface area contributed by atoms with Gasteiger partial charge in [-0.1, -0.05) is 5.57 Å². The summed E-state index contributed by atoms with van der Waals surface area (Å²) < 4.78 is 0. The quantitative estimate of drug-likeness (QED) is 0.257. The van der Waals surface area contributed by atoms with Crippen LogP contribution in [0.1, 0.15) is 13.8 Å². The number of rotatable bonds is 2. The number of nitrogens with two attached hydrogens (primary N) is 1. The fraction of sp³-hybridized carbons (Fsp3) is 0.500. The van der Waals surface area contributed by atoms with Gasteiger partial charge in [-0.05, 0) is 13.8 Å². The van der Waals surface area contributed by atoms with Crippen LogP contribution in [0.25, 0.3) is 0 Å². The first-order valence-electron chi connectivity index (χ1n) is 2.77. The van der Waals surface area contributed by atoms with Gasteiger partial charge < -0.3 is 10.7 Å². The van der Waals surface area contributed by atoms with Crippen LogP contribution in [0.5, 0.6) is 0 Å². The molecular formula is C6H13N3. The lowest BCUT2D eigenvalue weighted by Crippen LogP contribution is -2.08. The van der Waals surface area contributed by atoms with E-state index in [1.54, 1.807) is 11.2 Å². The number of hydrogen-bond acceptors (Lipinski definition) is 2. The molecule has 0 bridgehead atoms. The van der Waals surface area contributed by atoms with Gasteiger partial charge in [0.05, 0.1) is 0 Å². The van der Waals surface area contributed by atoms with Crippen LogP contribution in [-0.4, -0.2) is 18.3 Å². The third-order valence-electron chi connectivity index (χ3n) is 0.711. The minimum atomic E-state index is 1.22. The Bertz CT molecular complexity index is 122. The van der Waals surface area contributed by atoms with Gasteiger partial charge in [0, 0.05) is 13.2 Å². The number of allylic oxidation sites excluding steroid dienone is 1. The Kier molecular flexibility index (Phi) is 3.51. The van der Waals surface area contributed by atoms with Gasteiger partial charge in [0.15, 0.2) is 0 Å². The summed E-state index contributed by atoms with van der Waals surface area (Å²) in [6.45, 7) is 4.03. The molecule has 3 nitrogen and oxygen atoms in total. The lowest BCUT2D eigenvalue weighted by atomic mass is 10.4. The van der Waals surface area contributed by atoms with Crippen molar-refractivity contribution in [3.63, 3.8) is 0 Å². The molecule has 0 amide bonds. The van der Waals surface area contributed by atoms with Crippen LogP contribution in [0.3, 0.4) is 0 Å². The molecule has 0 aliphatic rings. The van der Waals surface area contributed by atoms with Crippen LogP contribution in [0.15, 0.2) is 16.9 Å². The maximum Gasteiger partial charge on any atom is 0.114 e. The second kappa shape index (κ2) is 3.95. The lowest BCUT2D eigenvalue weighted by Gasteiger charge is -2.04. The van der Waals surface area contributed by atoms with E-state index in [4.69, 9.17) is 5.84 Å². The molecule has 0 spiro atoms. The molecule has 3 heteroatoms. The Hall–Kier alpha value is -0.990. The molecule has 0 saturated carbocycles. The second-order valence-corrected chi connectivity index (χ2v) is 2.14. The summed E-state index contributed by atoms with van der Waals surface area (Å²) in [5.74, 6) is 4.90. The van der Waals surface area contributed by atoms with Gasteiger partial charge >= 0.3 is 0 Å². The molecule has 0 unspecified atom stereocenters. The van der Waals surface area contributed by atoms with Gasteiger partial charge in [0.2, 0.25) is 0 Å². The summed E-state index contributed by atoms with van der Waals surface area (Å²) in [5.41, 5.74) is 1.22. The Morgan fingerprint density at radius 3 is 2.44 bits per heavy atom. The molecule has 0 aromatic heterocycles. The lowest BCUT2D eigenvalue weighted by molar-refractivity contribution is 0.698. The zero-order valence-corrected chi connectivity index (χ0v) is 6.13. The van der Waals surface area contributed by atoms with Crippen LogP contribution in [0, 0.1) is 0 Å². The van der Waals surface area contributed by atoms with E-state index in [9.17, 15) is 0 Å². The van der Waals surface area contributed by atoms with E-state index in [2.05, 4.69) is 5.10 Å². The van der Waals surface area contributed by atoms with Gasteiger partial charge in [0.25, 0.3) is 0 Å². The molecule has 0 radical (unpaired) electrons. The highest BCUT2D eigenvalue weighted by atomic mass is 15.2. The largest absolute Gasteiger partial charge is 0.341 e. The average molecular weight is 127 g/mol. The van der Waals surface area contributed by atoms with E-state index in [0.29, 0.717) is 0 Å². The highest BCUT2D eigenvalue weighted by Crippen LogP contribution is 1.89. The first-order valence-corrected chi connectivity index (χ1v) is 2.77. The molecule has 0 aromatic carbocycles. The molecule has 0 heterocycles. The summed E-state index contributed by atoms with van der Waals surface area (Å²) in [5, 5.41) is 3.34. The summed E-state index contributed by atoms with van der Waals surface area (Å²) >= 11 is 0. The third kappa shape index (κ3) is 4.87. The van der Waals surface area contributed by atoms with Crippen LogP contribution < -0.4 is 5.84 Å². The van der Waals surface area contributed by atoms with Crippen LogP contribution >= 0.6 is 0 Å². The first kappa shape index (κ1) is 8.01. The number of nitrogens with zero attached hydrogens (tertiary/aromatic N) is 2. The monoisotopic (exact) mass is 127 g/mol. The number of hydrogen-bond donors (Lipinski definition) is 1. The van der Waals surface area contributed by atoms with Crippen LogP contribution in [-0.2, 0) is 0 Å². The molecule has 0 atom stereocenters. The van der Waals surface area contributed by atoms with E-state index in [1.807, 2.05) is 27.1 Å². The number of hydrazone groups is 1. The Morgan fingerprint density at radius 2 is 2.11 bits per heavy atom. The van der Waals surface area contributed by atoms with Crippen molar-refractivity contribution in [1.29, 1.82) is 0 Å². The molecular weight excluding hydrogens is 114 g/mol. The van der Waals surface area contributed by atoms with Crippen molar-refractivity contribution >= 4 is 6.34 Å². The van der Waals surface area contributed by atoms with Crippen LogP contribution in [0.2, 0.25) is 0 Å². The van der Waals surface area contributed by atoms with Gasteiger partial charge in [-0.2, -0.15) is 5.10 Å². The van der Waals surface area contributed by atoms with Gasteiger partial charge in [-0.25, -0.2) is 0 Å². The molecule has 2 N–H and O–H groups in total. The minimum absolute atomic E-state index is 1.22. The highest BCUT2D eigenvalue weighted by Gasteiger charge is 1.81. The Labute approximate surface area is 55.8 Å². The van der Waals surface area contributed by atoms with Crippen molar-refractivity contribution in [2.45, 2.75) is 13.8 Å². The molecule has 9 heavy (non-hydrogen) atoms. The predicted octanol–water partition coefficient (Wildman–Crippen LogP) is 0.744. The van der Waals surface area contributed by atoms with E-state index < -0.39 is 0 Å². The standard InChI is InChI=1S/C6H13N3/c1-6(2)4-9(3)5-8-7/h4-5H,7H2,1-3H3. The molecule has 0 aromatic rings. The third-order valence-corrected chi connectivity index (χ3v) is 0.711. The Morgan fingerprint density at radius 1 is 1.56 bits per heavy atom. The predicted molar refractivity (Wildman–Crippen MR) is 39.9 cm³/mol. The van der Waals surface area contributed by atoms with Gasteiger partial charge in [-0.3, -0.25) is 0 Å². The topological polar surface area (TPSA) is 41.6 Å². The molecule has 0 saturated heterocycles. The molecule has 0 aliphatic carbocycles. The summed E-state index contributed by atoms with van der Waals surface area (Å²) in [7, 11) is 1.88. The van der Waals surface area contributed by atoms with E-state index >= 15 is 0 Å². The molecule has 0 rings (SSSR count). The fourth-order valence-electron chi connectivity index (χ4n) is 0.546. The van der Waals surface area contributed by atoms with Crippen molar-refractivity contribution in [2.24, 2.45) is 10.9 Å². The van der Waals surface area contributed by atoms with Crippen LogP contribution in [0.4, 0.5) is 0 Å². The molecule has 0 aliphatic heterocycles. The van der Waals surface area contributed by atoms with E-state index in [-0.39, 0.29) is 0 Å². The second-order valence-electron chi connectivity index (χ2n) is 2.14. The maximum absolute atomic E-state index is 4.90. The summed E-state index contributed by atoms with van der Waals surface area (Å²) in [6, 6.07) is 0.